The van der Waals surface area contributed by atoms with Crippen LogP contribution in [0.15, 0.2) is 60.8 Å². The highest BCUT2D eigenvalue weighted by Crippen LogP contribution is 2.32. The molecule has 0 bridgehead atoms. The number of para-hydroxylation sites is 1. The van der Waals surface area contributed by atoms with Crippen molar-refractivity contribution < 1.29 is 9.59 Å². The maximum atomic E-state index is 12.6. The van der Waals surface area contributed by atoms with E-state index in [0.717, 1.165) is 18.7 Å². The van der Waals surface area contributed by atoms with E-state index < -0.39 is 0 Å². The van der Waals surface area contributed by atoms with Gasteiger partial charge in [-0.2, -0.15) is 0 Å². The van der Waals surface area contributed by atoms with Crippen molar-refractivity contribution >= 4 is 29.0 Å². The summed E-state index contributed by atoms with van der Waals surface area (Å²) in [6.45, 7) is 2.27. The number of nitrogens with zero attached hydrogens (tertiary/aromatic N) is 3. The first-order chi connectivity index (χ1) is 13.1. The molecular formula is C21H18N4O2. The maximum absolute atomic E-state index is 12.6. The third-order valence-electron chi connectivity index (χ3n) is 4.53. The number of fused-ring (bicyclic) bond motifs is 1. The highest BCUT2D eigenvalue weighted by Gasteiger charge is 2.22. The summed E-state index contributed by atoms with van der Waals surface area (Å²) in [6, 6.07) is 16.5. The van der Waals surface area contributed by atoms with Gasteiger partial charge in [-0.05, 0) is 43.2 Å². The minimum absolute atomic E-state index is 0.0527. The lowest BCUT2D eigenvalue weighted by atomic mass is 10.1. The smallest absolute Gasteiger partial charge is 0.274 e. The van der Waals surface area contributed by atoms with Gasteiger partial charge in [0.2, 0.25) is 5.95 Å². The van der Waals surface area contributed by atoms with Crippen LogP contribution in [0, 0.1) is 0 Å². The molecule has 1 aromatic heterocycles. The lowest BCUT2D eigenvalue weighted by molar-refractivity contribution is 0.100. The summed E-state index contributed by atoms with van der Waals surface area (Å²) in [5.74, 6) is 0.111. The van der Waals surface area contributed by atoms with Gasteiger partial charge in [0.15, 0.2) is 5.78 Å². The number of amides is 1. The normalized spacial score (nSPS) is 12.6. The van der Waals surface area contributed by atoms with Gasteiger partial charge >= 0.3 is 0 Å². The molecule has 0 atom stereocenters. The van der Waals surface area contributed by atoms with Crippen molar-refractivity contribution in [1.29, 1.82) is 0 Å². The molecule has 0 spiro atoms. The summed E-state index contributed by atoms with van der Waals surface area (Å²) in [4.78, 5) is 34.9. The Balaban J connectivity index is 1.57. The first kappa shape index (κ1) is 16.9. The average Bonchev–Trinajstić information content (AvgIpc) is 3.12. The largest absolute Gasteiger partial charge is 0.321 e. The van der Waals surface area contributed by atoms with E-state index in [1.165, 1.54) is 12.5 Å². The fourth-order valence-corrected chi connectivity index (χ4v) is 3.16. The van der Waals surface area contributed by atoms with Gasteiger partial charge in [0.25, 0.3) is 5.91 Å². The molecule has 0 radical (unpaired) electrons. The lowest BCUT2D eigenvalue weighted by Crippen LogP contribution is -2.20. The molecule has 0 saturated carbocycles. The fourth-order valence-electron chi connectivity index (χ4n) is 3.16. The second-order valence-electron chi connectivity index (χ2n) is 6.36. The van der Waals surface area contributed by atoms with E-state index in [1.807, 2.05) is 23.1 Å². The number of rotatable bonds is 4. The van der Waals surface area contributed by atoms with E-state index in [4.69, 9.17) is 0 Å². The summed E-state index contributed by atoms with van der Waals surface area (Å²) in [7, 11) is 0. The van der Waals surface area contributed by atoms with E-state index >= 15 is 0 Å². The first-order valence-electron chi connectivity index (χ1n) is 8.72. The number of carbonyl (C=O) groups excluding carboxylic acids is 2. The summed E-state index contributed by atoms with van der Waals surface area (Å²) in [5.41, 5.74) is 3.70. The third-order valence-corrected chi connectivity index (χ3v) is 4.53. The number of benzene rings is 2. The van der Waals surface area contributed by atoms with Crippen molar-refractivity contribution in [3.05, 3.63) is 77.6 Å². The summed E-state index contributed by atoms with van der Waals surface area (Å²) < 4.78 is 0. The molecule has 0 aliphatic carbocycles. The van der Waals surface area contributed by atoms with E-state index in [1.54, 1.807) is 36.5 Å². The Hall–Kier alpha value is -3.54. The van der Waals surface area contributed by atoms with E-state index in [0.29, 0.717) is 17.2 Å². The molecule has 6 nitrogen and oxygen atoms in total. The van der Waals surface area contributed by atoms with Crippen molar-refractivity contribution in [3.8, 4) is 0 Å². The van der Waals surface area contributed by atoms with Crippen molar-refractivity contribution in [3.63, 3.8) is 0 Å². The zero-order valence-corrected chi connectivity index (χ0v) is 14.8. The molecule has 1 aliphatic rings. The van der Waals surface area contributed by atoms with E-state index in [2.05, 4.69) is 21.4 Å². The molecular weight excluding hydrogens is 340 g/mol. The van der Waals surface area contributed by atoms with Gasteiger partial charge in [-0.25, -0.2) is 9.97 Å². The SMILES string of the molecule is CC(=O)c1cccc(NC(=O)c2ccnc(N3CCc4ccccc43)n2)c1. The molecule has 27 heavy (non-hydrogen) atoms. The van der Waals surface area contributed by atoms with Gasteiger partial charge in [-0.15, -0.1) is 0 Å². The quantitative estimate of drug-likeness (QED) is 0.721. The second-order valence-corrected chi connectivity index (χ2v) is 6.36. The number of hydrogen-bond acceptors (Lipinski definition) is 5. The third kappa shape index (κ3) is 3.42. The van der Waals surface area contributed by atoms with Gasteiger partial charge in [0.1, 0.15) is 5.69 Å². The van der Waals surface area contributed by atoms with Crippen LogP contribution in [0.4, 0.5) is 17.3 Å². The molecule has 1 amide bonds. The van der Waals surface area contributed by atoms with Gasteiger partial charge < -0.3 is 10.2 Å². The topological polar surface area (TPSA) is 75.2 Å². The van der Waals surface area contributed by atoms with Gasteiger partial charge in [0, 0.05) is 29.7 Å². The van der Waals surface area contributed by atoms with Gasteiger partial charge in [-0.3, -0.25) is 9.59 Å². The number of aromatic nitrogens is 2. The Kier molecular flexibility index (Phi) is 4.38. The zero-order valence-electron chi connectivity index (χ0n) is 14.8. The van der Waals surface area contributed by atoms with Crippen LogP contribution in [0.5, 0.6) is 0 Å². The Labute approximate surface area is 156 Å². The monoisotopic (exact) mass is 358 g/mol. The molecule has 1 aliphatic heterocycles. The standard InChI is InChI=1S/C21H18N4O2/c1-14(26)16-6-4-7-17(13-16)23-20(27)18-9-11-22-21(24-18)25-12-10-15-5-2-3-8-19(15)25/h2-9,11,13H,10,12H2,1H3,(H,23,27). The summed E-state index contributed by atoms with van der Waals surface area (Å²) >= 11 is 0. The molecule has 3 aromatic rings. The van der Waals surface area contributed by atoms with Crippen molar-refractivity contribution in [2.24, 2.45) is 0 Å². The van der Waals surface area contributed by atoms with Crippen LogP contribution in [0.3, 0.4) is 0 Å². The minimum atomic E-state index is -0.341. The molecule has 0 saturated heterocycles. The molecule has 0 unspecified atom stereocenters. The first-order valence-corrected chi connectivity index (χ1v) is 8.72. The molecule has 134 valence electrons. The number of carbonyl (C=O) groups is 2. The highest BCUT2D eigenvalue weighted by atomic mass is 16.2. The Morgan fingerprint density at radius 3 is 2.78 bits per heavy atom. The molecule has 1 N–H and O–H groups in total. The predicted molar refractivity (Wildman–Crippen MR) is 104 cm³/mol. The Morgan fingerprint density at radius 2 is 1.93 bits per heavy atom. The Bertz CT molecular complexity index is 1030. The summed E-state index contributed by atoms with van der Waals surface area (Å²) in [6.07, 6.45) is 2.51. The number of hydrogen-bond donors (Lipinski definition) is 1. The number of ketones is 1. The van der Waals surface area contributed by atoms with E-state index in [-0.39, 0.29) is 17.4 Å². The van der Waals surface area contributed by atoms with Crippen LogP contribution in [0.2, 0.25) is 0 Å². The highest BCUT2D eigenvalue weighted by molar-refractivity contribution is 6.04. The minimum Gasteiger partial charge on any atom is -0.321 e. The molecule has 4 rings (SSSR count). The average molecular weight is 358 g/mol. The van der Waals surface area contributed by atoms with Crippen LogP contribution in [-0.2, 0) is 6.42 Å². The fraction of sp³-hybridized carbons (Fsp3) is 0.143. The molecule has 0 fully saturated rings. The van der Waals surface area contributed by atoms with E-state index in [9.17, 15) is 9.59 Å². The van der Waals surface area contributed by atoms with Gasteiger partial charge in [0.05, 0.1) is 0 Å². The van der Waals surface area contributed by atoms with Crippen LogP contribution < -0.4 is 10.2 Å². The molecule has 2 heterocycles. The van der Waals surface area contributed by atoms with Gasteiger partial charge in [-0.1, -0.05) is 30.3 Å². The predicted octanol–water partition coefficient (Wildman–Crippen LogP) is 3.63. The number of Topliss-reactive ketones (excluding diaryl/α,β-unsaturated/α-hetero) is 1. The lowest BCUT2D eigenvalue weighted by Gasteiger charge is -2.17. The number of anilines is 3. The van der Waals surface area contributed by atoms with Crippen LogP contribution in [0.25, 0.3) is 0 Å². The van der Waals surface area contributed by atoms with Crippen LogP contribution in [0.1, 0.15) is 33.3 Å². The van der Waals surface area contributed by atoms with Crippen molar-refractivity contribution in [1.82, 2.24) is 9.97 Å². The van der Waals surface area contributed by atoms with Crippen molar-refractivity contribution in [2.45, 2.75) is 13.3 Å². The van der Waals surface area contributed by atoms with Crippen molar-refractivity contribution in [2.75, 3.05) is 16.8 Å². The summed E-state index contributed by atoms with van der Waals surface area (Å²) in [5, 5.41) is 2.79. The molecule has 6 heteroatoms. The number of nitrogens with one attached hydrogen (secondary N) is 1. The molecule has 2 aromatic carbocycles. The maximum Gasteiger partial charge on any atom is 0.274 e. The second kappa shape index (κ2) is 6.99. The zero-order chi connectivity index (χ0) is 18.8. The van der Waals surface area contributed by atoms with Crippen LogP contribution in [-0.4, -0.2) is 28.2 Å². The Morgan fingerprint density at radius 1 is 1.07 bits per heavy atom. The van der Waals surface area contributed by atoms with Crippen LogP contribution >= 0.6 is 0 Å².